The molecule has 1 aliphatic heterocycles. The van der Waals surface area contributed by atoms with Crippen LogP contribution < -0.4 is 5.73 Å². The van der Waals surface area contributed by atoms with E-state index in [1.54, 1.807) is 0 Å². The van der Waals surface area contributed by atoms with Crippen molar-refractivity contribution in [2.45, 2.75) is 70.7 Å². The van der Waals surface area contributed by atoms with Crippen LogP contribution >= 0.6 is 0 Å². The standard InChI is InChI=1S/C14H25N3O/c1-4-12(15)7-11-8-16-17(9-11)10-13-5-6-14(2,3)18-13/h8-9,12-13H,4-7,10,15H2,1-3H3. The molecule has 2 rings (SSSR count). The van der Waals surface area contributed by atoms with Crippen molar-refractivity contribution in [1.29, 1.82) is 0 Å². The molecule has 0 saturated carbocycles. The van der Waals surface area contributed by atoms with Gasteiger partial charge < -0.3 is 10.5 Å². The van der Waals surface area contributed by atoms with Gasteiger partial charge in [-0.25, -0.2) is 0 Å². The van der Waals surface area contributed by atoms with Crippen LogP contribution in [0.2, 0.25) is 0 Å². The van der Waals surface area contributed by atoms with Gasteiger partial charge in [0.1, 0.15) is 0 Å². The molecule has 1 saturated heterocycles. The van der Waals surface area contributed by atoms with E-state index in [2.05, 4.69) is 32.1 Å². The highest BCUT2D eigenvalue weighted by Crippen LogP contribution is 2.29. The Morgan fingerprint density at radius 2 is 2.39 bits per heavy atom. The van der Waals surface area contributed by atoms with Crippen LogP contribution in [0.5, 0.6) is 0 Å². The van der Waals surface area contributed by atoms with E-state index < -0.39 is 0 Å². The Morgan fingerprint density at radius 1 is 1.61 bits per heavy atom. The molecule has 4 nitrogen and oxygen atoms in total. The van der Waals surface area contributed by atoms with Gasteiger partial charge in [0.25, 0.3) is 0 Å². The topological polar surface area (TPSA) is 53.1 Å². The second kappa shape index (κ2) is 5.41. The van der Waals surface area contributed by atoms with Crippen molar-refractivity contribution in [1.82, 2.24) is 9.78 Å². The van der Waals surface area contributed by atoms with Crippen LogP contribution in [0.25, 0.3) is 0 Å². The summed E-state index contributed by atoms with van der Waals surface area (Å²) in [7, 11) is 0. The average Bonchev–Trinajstić information content (AvgIpc) is 2.86. The van der Waals surface area contributed by atoms with Crippen LogP contribution in [0.3, 0.4) is 0 Å². The van der Waals surface area contributed by atoms with Crippen LogP contribution in [0, 0.1) is 0 Å². The van der Waals surface area contributed by atoms with E-state index in [0.717, 1.165) is 32.2 Å². The van der Waals surface area contributed by atoms with Gasteiger partial charge >= 0.3 is 0 Å². The molecule has 1 aromatic heterocycles. The molecule has 2 atom stereocenters. The molecule has 0 aliphatic carbocycles. The lowest BCUT2D eigenvalue weighted by molar-refractivity contribution is -0.0229. The fourth-order valence-electron chi connectivity index (χ4n) is 2.47. The van der Waals surface area contributed by atoms with Gasteiger partial charge in [-0.1, -0.05) is 6.92 Å². The van der Waals surface area contributed by atoms with Crippen molar-refractivity contribution >= 4 is 0 Å². The van der Waals surface area contributed by atoms with Crippen molar-refractivity contribution in [2.75, 3.05) is 0 Å². The molecule has 0 amide bonds. The van der Waals surface area contributed by atoms with Crippen LogP contribution in [-0.2, 0) is 17.7 Å². The number of hydrogen-bond acceptors (Lipinski definition) is 3. The summed E-state index contributed by atoms with van der Waals surface area (Å²) in [5.74, 6) is 0. The fraction of sp³-hybridized carbons (Fsp3) is 0.786. The van der Waals surface area contributed by atoms with E-state index in [1.807, 2.05) is 10.9 Å². The van der Waals surface area contributed by atoms with E-state index >= 15 is 0 Å². The third-order valence-electron chi connectivity index (χ3n) is 3.65. The molecule has 0 radical (unpaired) electrons. The van der Waals surface area contributed by atoms with E-state index in [0.29, 0.717) is 6.10 Å². The van der Waals surface area contributed by atoms with Gasteiger partial charge in [-0.2, -0.15) is 5.10 Å². The summed E-state index contributed by atoms with van der Waals surface area (Å²) >= 11 is 0. The molecule has 102 valence electrons. The molecular formula is C14H25N3O. The highest BCUT2D eigenvalue weighted by molar-refractivity contribution is 5.06. The zero-order valence-electron chi connectivity index (χ0n) is 11.7. The van der Waals surface area contributed by atoms with Gasteiger partial charge in [0.05, 0.1) is 24.4 Å². The maximum Gasteiger partial charge on any atom is 0.0779 e. The molecule has 0 spiro atoms. The largest absolute Gasteiger partial charge is 0.370 e. The highest BCUT2D eigenvalue weighted by Gasteiger charge is 2.31. The number of aromatic nitrogens is 2. The SMILES string of the molecule is CCC(N)Cc1cnn(CC2CCC(C)(C)O2)c1. The van der Waals surface area contributed by atoms with E-state index in [9.17, 15) is 0 Å². The Labute approximate surface area is 110 Å². The smallest absolute Gasteiger partial charge is 0.0779 e. The summed E-state index contributed by atoms with van der Waals surface area (Å²) in [4.78, 5) is 0. The molecule has 1 aliphatic rings. The van der Waals surface area contributed by atoms with Crippen molar-refractivity contribution in [2.24, 2.45) is 5.73 Å². The van der Waals surface area contributed by atoms with Crippen molar-refractivity contribution in [3.05, 3.63) is 18.0 Å². The maximum absolute atomic E-state index is 5.98. The number of rotatable bonds is 5. The molecule has 1 fully saturated rings. The Kier molecular flexibility index (Phi) is 4.07. The van der Waals surface area contributed by atoms with E-state index in [-0.39, 0.29) is 11.6 Å². The minimum Gasteiger partial charge on any atom is -0.370 e. The zero-order valence-corrected chi connectivity index (χ0v) is 11.7. The summed E-state index contributed by atoms with van der Waals surface area (Å²) in [6.45, 7) is 7.28. The first-order chi connectivity index (χ1) is 8.48. The number of hydrogen-bond donors (Lipinski definition) is 1. The molecule has 18 heavy (non-hydrogen) atoms. The quantitative estimate of drug-likeness (QED) is 0.872. The molecule has 1 aromatic rings. The van der Waals surface area contributed by atoms with Crippen LogP contribution in [-0.4, -0.2) is 27.5 Å². The lowest BCUT2D eigenvalue weighted by atomic mass is 10.1. The maximum atomic E-state index is 5.98. The average molecular weight is 251 g/mol. The minimum atomic E-state index is 0.0330. The Morgan fingerprint density at radius 3 is 3.00 bits per heavy atom. The van der Waals surface area contributed by atoms with Crippen LogP contribution in [0.15, 0.2) is 12.4 Å². The summed E-state index contributed by atoms with van der Waals surface area (Å²) < 4.78 is 7.97. The third kappa shape index (κ3) is 3.56. The summed E-state index contributed by atoms with van der Waals surface area (Å²) in [5.41, 5.74) is 7.21. The first-order valence-electron chi connectivity index (χ1n) is 6.93. The summed E-state index contributed by atoms with van der Waals surface area (Å²) in [6.07, 6.45) is 8.49. The van der Waals surface area contributed by atoms with Crippen molar-refractivity contribution in [3.8, 4) is 0 Å². The van der Waals surface area contributed by atoms with Gasteiger partial charge in [0, 0.05) is 12.2 Å². The Hall–Kier alpha value is -0.870. The molecule has 2 N–H and O–H groups in total. The van der Waals surface area contributed by atoms with Gasteiger partial charge in [-0.15, -0.1) is 0 Å². The third-order valence-corrected chi connectivity index (χ3v) is 3.65. The van der Waals surface area contributed by atoms with Gasteiger partial charge in [-0.3, -0.25) is 4.68 Å². The predicted octanol–water partition coefficient (Wildman–Crippen LogP) is 2.12. The van der Waals surface area contributed by atoms with E-state index in [4.69, 9.17) is 10.5 Å². The monoisotopic (exact) mass is 251 g/mol. The van der Waals surface area contributed by atoms with Crippen molar-refractivity contribution < 1.29 is 4.74 Å². The lowest BCUT2D eigenvalue weighted by Gasteiger charge is -2.19. The Balaban J connectivity index is 1.87. The van der Waals surface area contributed by atoms with Crippen LogP contribution in [0.4, 0.5) is 0 Å². The summed E-state index contributed by atoms with van der Waals surface area (Å²) in [5, 5.41) is 4.40. The van der Waals surface area contributed by atoms with E-state index in [1.165, 1.54) is 5.56 Å². The highest BCUT2D eigenvalue weighted by atomic mass is 16.5. The molecular weight excluding hydrogens is 226 g/mol. The zero-order chi connectivity index (χ0) is 13.2. The minimum absolute atomic E-state index is 0.0330. The fourth-order valence-corrected chi connectivity index (χ4v) is 2.47. The lowest BCUT2D eigenvalue weighted by Crippen LogP contribution is -2.23. The van der Waals surface area contributed by atoms with Crippen molar-refractivity contribution in [3.63, 3.8) is 0 Å². The molecule has 0 aromatic carbocycles. The summed E-state index contributed by atoms with van der Waals surface area (Å²) in [6, 6.07) is 0.240. The van der Waals surface area contributed by atoms with Gasteiger partial charge in [0.2, 0.25) is 0 Å². The predicted molar refractivity (Wildman–Crippen MR) is 72.4 cm³/mol. The Bertz CT molecular complexity index is 386. The molecule has 4 heteroatoms. The number of nitrogens with two attached hydrogens (primary N) is 1. The number of nitrogens with zero attached hydrogens (tertiary/aromatic N) is 2. The number of ether oxygens (including phenoxy) is 1. The van der Waals surface area contributed by atoms with Gasteiger partial charge in [-0.05, 0) is 45.1 Å². The molecule has 2 unspecified atom stereocenters. The normalized spacial score (nSPS) is 24.3. The second-order valence-corrected chi connectivity index (χ2v) is 5.98. The first kappa shape index (κ1) is 13.6. The molecule has 0 bridgehead atoms. The van der Waals surface area contributed by atoms with Gasteiger partial charge in [0.15, 0.2) is 0 Å². The van der Waals surface area contributed by atoms with Crippen LogP contribution in [0.1, 0.15) is 45.6 Å². The second-order valence-electron chi connectivity index (χ2n) is 5.98. The first-order valence-corrected chi connectivity index (χ1v) is 6.93. The molecule has 2 heterocycles.